The van der Waals surface area contributed by atoms with E-state index in [1.807, 2.05) is 6.92 Å². The number of amides is 1. The molecule has 0 spiro atoms. The summed E-state index contributed by atoms with van der Waals surface area (Å²) in [5, 5.41) is 3.29. The Kier molecular flexibility index (Phi) is 6.10. The second kappa shape index (κ2) is 7.63. The molecule has 7 heteroatoms. The van der Waals surface area contributed by atoms with E-state index in [2.05, 4.69) is 37.2 Å². The molecule has 0 aliphatic carbocycles. The number of carbonyl (C=O) groups is 1. The van der Waals surface area contributed by atoms with E-state index in [0.717, 1.165) is 14.7 Å². The smallest absolute Gasteiger partial charge is 0.265 e. The SMILES string of the molecule is CCCOc1ccc(NC(=O)c2cc(Br)c(Br)s2)cc1Cl. The minimum atomic E-state index is -0.176. The maximum absolute atomic E-state index is 12.1. The summed E-state index contributed by atoms with van der Waals surface area (Å²) in [5.41, 5.74) is 0.634. The highest BCUT2D eigenvalue weighted by Gasteiger charge is 2.13. The van der Waals surface area contributed by atoms with Crippen molar-refractivity contribution in [3.05, 3.63) is 42.4 Å². The molecular weight excluding hydrogens is 441 g/mol. The number of thiophene rings is 1. The number of hydrogen-bond acceptors (Lipinski definition) is 3. The van der Waals surface area contributed by atoms with Gasteiger partial charge in [0.1, 0.15) is 5.75 Å². The number of ether oxygens (including phenoxy) is 1. The van der Waals surface area contributed by atoms with Gasteiger partial charge >= 0.3 is 0 Å². The van der Waals surface area contributed by atoms with E-state index in [4.69, 9.17) is 16.3 Å². The Morgan fingerprint density at radius 1 is 1.38 bits per heavy atom. The first-order chi connectivity index (χ1) is 10.0. The van der Waals surface area contributed by atoms with Gasteiger partial charge in [-0.25, -0.2) is 0 Å². The van der Waals surface area contributed by atoms with E-state index in [-0.39, 0.29) is 5.91 Å². The number of benzene rings is 1. The third-order valence-electron chi connectivity index (χ3n) is 2.52. The second-order valence-electron chi connectivity index (χ2n) is 4.18. The maximum atomic E-state index is 12.1. The summed E-state index contributed by atoms with van der Waals surface area (Å²) >= 11 is 14.2. The Labute approximate surface area is 148 Å². The number of nitrogens with one attached hydrogen (secondary N) is 1. The van der Waals surface area contributed by atoms with Crippen molar-refractivity contribution in [2.45, 2.75) is 13.3 Å². The summed E-state index contributed by atoms with van der Waals surface area (Å²) in [6.45, 7) is 2.64. The first-order valence-electron chi connectivity index (χ1n) is 6.19. The fourth-order valence-electron chi connectivity index (χ4n) is 1.56. The van der Waals surface area contributed by atoms with Crippen LogP contribution in [0.4, 0.5) is 5.69 Å². The molecule has 0 aliphatic rings. The lowest BCUT2D eigenvalue weighted by molar-refractivity contribution is 0.103. The number of halogens is 3. The van der Waals surface area contributed by atoms with Gasteiger partial charge in [-0.05, 0) is 62.5 Å². The molecule has 0 bridgehead atoms. The minimum Gasteiger partial charge on any atom is -0.492 e. The molecule has 1 amide bonds. The molecule has 2 rings (SSSR count). The largest absolute Gasteiger partial charge is 0.492 e. The van der Waals surface area contributed by atoms with Gasteiger partial charge in [-0.15, -0.1) is 11.3 Å². The lowest BCUT2D eigenvalue weighted by atomic mass is 10.3. The average Bonchev–Trinajstić information content (AvgIpc) is 2.78. The molecule has 3 nitrogen and oxygen atoms in total. The molecule has 0 atom stereocenters. The highest BCUT2D eigenvalue weighted by molar-refractivity contribution is 9.13. The van der Waals surface area contributed by atoms with Crippen LogP contribution >= 0.6 is 54.8 Å². The van der Waals surface area contributed by atoms with E-state index >= 15 is 0 Å². The molecule has 0 aliphatic heterocycles. The maximum Gasteiger partial charge on any atom is 0.265 e. The molecule has 0 saturated carbocycles. The monoisotopic (exact) mass is 451 g/mol. The van der Waals surface area contributed by atoms with Crippen molar-refractivity contribution in [3.63, 3.8) is 0 Å². The lowest BCUT2D eigenvalue weighted by Gasteiger charge is -2.09. The van der Waals surface area contributed by atoms with Gasteiger partial charge in [0.2, 0.25) is 0 Å². The molecule has 1 N–H and O–H groups in total. The van der Waals surface area contributed by atoms with Crippen LogP contribution in [0.3, 0.4) is 0 Å². The highest BCUT2D eigenvalue weighted by atomic mass is 79.9. The van der Waals surface area contributed by atoms with Crippen LogP contribution in [0.2, 0.25) is 5.02 Å². The van der Waals surface area contributed by atoms with E-state index in [1.54, 1.807) is 24.3 Å². The molecular formula is C14H12Br2ClNO2S. The zero-order chi connectivity index (χ0) is 15.4. The van der Waals surface area contributed by atoms with Gasteiger partial charge in [0.25, 0.3) is 5.91 Å². The summed E-state index contributed by atoms with van der Waals surface area (Å²) in [7, 11) is 0. The van der Waals surface area contributed by atoms with Gasteiger partial charge in [-0.2, -0.15) is 0 Å². The van der Waals surface area contributed by atoms with Crippen LogP contribution in [0.25, 0.3) is 0 Å². The number of rotatable bonds is 5. The third-order valence-corrected chi connectivity index (χ3v) is 6.07. The molecule has 0 unspecified atom stereocenters. The number of hydrogen-bond donors (Lipinski definition) is 1. The number of carbonyl (C=O) groups excluding carboxylic acids is 1. The third kappa shape index (κ3) is 4.45. The van der Waals surface area contributed by atoms with Crippen LogP contribution in [0.15, 0.2) is 32.5 Å². The van der Waals surface area contributed by atoms with Crippen molar-refractivity contribution in [3.8, 4) is 5.75 Å². The molecule has 1 aromatic heterocycles. The Hall–Kier alpha value is -0.560. The normalized spacial score (nSPS) is 10.5. The predicted octanol–water partition coefficient (Wildman–Crippen LogP) is 5.97. The van der Waals surface area contributed by atoms with Crippen molar-refractivity contribution < 1.29 is 9.53 Å². The standard InChI is InChI=1S/C14H12Br2ClNO2S/c1-2-5-20-11-4-3-8(6-10(11)17)18-14(19)12-7-9(15)13(16)21-12/h3-4,6-7H,2,5H2,1H3,(H,18,19). The van der Waals surface area contributed by atoms with Crippen LogP contribution < -0.4 is 10.1 Å². The first kappa shape index (κ1) is 16.8. The van der Waals surface area contributed by atoms with Crippen molar-refractivity contribution in [1.82, 2.24) is 0 Å². The highest BCUT2D eigenvalue weighted by Crippen LogP contribution is 2.33. The number of anilines is 1. The lowest BCUT2D eigenvalue weighted by Crippen LogP contribution is -2.10. The summed E-state index contributed by atoms with van der Waals surface area (Å²) in [5.74, 6) is 0.447. The van der Waals surface area contributed by atoms with Gasteiger partial charge < -0.3 is 10.1 Å². The van der Waals surface area contributed by atoms with E-state index < -0.39 is 0 Å². The zero-order valence-corrected chi connectivity index (χ0v) is 15.8. The molecule has 1 heterocycles. The van der Waals surface area contributed by atoms with E-state index in [0.29, 0.717) is 27.9 Å². The van der Waals surface area contributed by atoms with Gasteiger partial charge in [0.05, 0.1) is 20.3 Å². The summed E-state index contributed by atoms with van der Waals surface area (Å²) in [6.07, 6.45) is 0.914. The van der Waals surface area contributed by atoms with Crippen LogP contribution in [0.5, 0.6) is 5.75 Å². The van der Waals surface area contributed by atoms with Crippen molar-refractivity contribution in [2.24, 2.45) is 0 Å². The summed E-state index contributed by atoms with van der Waals surface area (Å²) in [6, 6.07) is 6.98. The molecule has 2 aromatic rings. The Bertz CT molecular complexity index is 641. The van der Waals surface area contributed by atoms with Crippen molar-refractivity contribution in [2.75, 3.05) is 11.9 Å². The average molecular weight is 454 g/mol. The second-order valence-corrected chi connectivity index (χ2v) is 7.81. The Morgan fingerprint density at radius 2 is 2.14 bits per heavy atom. The van der Waals surface area contributed by atoms with E-state index in [9.17, 15) is 4.79 Å². The molecule has 0 saturated heterocycles. The molecule has 21 heavy (non-hydrogen) atoms. The minimum absolute atomic E-state index is 0.176. The molecule has 0 fully saturated rings. The Morgan fingerprint density at radius 3 is 2.71 bits per heavy atom. The quantitative estimate of drug-likeness (QED) is 0.606. The van der Waals surface area contributed by atoms with Crippen LogP contribution in [0.1, 0.15) is 23.0 Å². The van der Waals surface area contributed by atoms with Crippen molar-refractivity contribution >= 4 is 66.4 Å². The summed E-state index contributed by atoms with van der Waals surface area (Å²) < 4.78 is 7.24. The topological polar surface area (TPSA) is 38.3 Å². The molecule has 112 valence electrons. The van der Waals surface area contributed by atoms with Crippen LogP contribution in [-0.2, 0) is 0 Å². The van der Waals surface area contributed by atoms with Gasteiger partial charge in [-0.1, -0.05) is 18.5 Å². The molecule has 1 aromatic carbocycles. The first-order valence-corrected chi connectivity index (χ1v) is 8.98. The van der Waals surface area contributed by atoms with Crippen LogP contribution in [0, 0.1) is 0 Å². The zero-order valence-electron chi connectivity index (χ0n) is 11.1. The van der Waals surface area contributed by atoms with Crippen molar-refractivity contribution in [1.29, 1.82) is 0 Å². The predicted molar refractivity (Wildman–Crippen MR) is 94.9 cm³/mol. The Balaban J connectivity index is 2.09. The van der Waals surface area contributed by atoms with Crippen LogP contribution in [-0.4, -0.2) is 12.5 Å². The van der Waals surface area contributed by atoms with E-state index in [1.165, 1.54) is 11.3 Å². The van der Waals surface area contributed by atoms with Gasteiger partial charge in [0, 0.05) is 10.2 Å². The van der Waals surface area contributed by atoms with Gasteiger partial charge in [0.15, 0.2) is 0 Å². The van der Waals surface area contributed by atoms with Gasteiger partial charge in [-0.3, -0.25) is 4.79 Å². The fourth-order valence-corrected chi connectivity index (χ4v) is 3.72. The summed E-state index contributed by atoms with van der Waals surface area (Å²) in [4.78, 5) is 12.7. The molecule has 0 radical (unpaired) electrons. The fraction of sp³-hybridized carbons (Fsp3) is 0.214.